The predicted octanol–water partition coefficient (Wildman–Crippen LogP) is 2.16. The Bertz CT molecular complexity index is 118. The maximum Gasteiger partial charge on any atom is 0.0154 e. The second kappa shape index (κ2) is 2.54. The third-order valence-corrected chi connectivity index (χ3v) is 3.01. The quantitative estimate of drug-likeness (QED) is 0.549. The molecular formula is C9H19N. The third kappa shape index (κ3) is 1.51. The summed E-state index contributed by atoms with van der Waals surface area (Å²) >= 11 is 0. The molecule has 0 amide bonds. The highest BCUT2D eigenvalue weighted by Gasteiger charge is 2.32. The largest absolute Gasteiger partial charge is 0.325 e. The summed E-state index contributed by atoms with van der Waals surface area (Å²) in [7, 11) is 0. The Morgan fingerprint density at radius 2 is 1.90 bits per heavy atom. The lowest BCUT2D eigenvalue weighted by Gasteiger charge is -2.39. The zero-order valence-corrected chi connectivity index (χ0v) is 7.35. The van der Waals surface area contributed by atoms with E-state index in [1.807, 2.05) is 0 Å². The average molecular weight is 141 g/mol. The van der Waals surface area contributed by atoms with Crippen molar-refractivity contribution in [1.82, 2.24) is 0 Å². The van der Waals surface area contributed by atoms with Crippen molar-refractivity contribution in [2.45, 2.75) is 45.6 Å². The van der Waals surface area contributed by atoms with Crippen molar-refractivity contribution in [3.63, 3.8) is 0 Å². The maximum absolute atomic E-state index is 6.11. The highest BCUT2D eigenvalue weighted by atomic mass is 14.7. The molecule has 0 bridgehead atoms. The molecule has 2 N–H and O–H groups in total. The van der Waals surface area contributed by atoms with Crippen LogP contribution in [0.4, 0.5) is 0 Å². The molecule has 1 rings (SSSR count). The molecule has 1 saturated carbocycles. The van der Waals surface area contributed by atoms with Gasteiger partial charge in [0, 0.05) is 5.54 Å². The van der Waals surface area contributed by atoms with E-state index in [0.717, 1.165) is 5.92 Å². The van der Waals surface area contributed by atoms with Gasteiger partial charge < -0.3 is 5.73 Å². The Labute approximate surface area is 64.0 Å². The van der Waals surface area contributed by atoms with Gasteiger partial charge in [-0.15, -0.1) is 0 Å². The average Bonchev–Trinajstić information content (AvgIpc) is 1.78. The van der Waals surface area contributed by atoms with Gasteiger partial charge in [-0.3, -0.25) is 0 Å². The van der Waals surface area contributed by atoms with E-state index < -0.39 is 0 Å². The zero-order valence-electron chi connectivity index (χ0n) is 7.35. The van der Waals surface area contributed by atoms with Crippen LogP contribution < -0.4 is 5.73 Å². The topological polar surface area (TPSA) is 26.0 Å². The fraction of sp³-hybridized carbons (Fsp3) is 1.00. The highest BCUT2D eigenvalue weighted by molar-refractivity contribution is 4.90. The molecule has 0 spiro atoms. The predicted molar refractivity (Wildman–Crippen MR) is 44.8 cm³/mol. The van der Waals surface area contributed by atoms with Gasteiger partial charge >= 0.3 is 0 Å². The van der Waals surface area contributed by atoms with Gasteiger partial charge in [0.1, 0.15) is 0 Å². The molecule has 1 aliphatic rings. The number of hydrogen-bond acceptors (Lipinski definition) is 1. The molecule has 60 valence electrons. The Hall–Kier alpha value is -0.0400. The minimum absolute atomic E-state index is 0.109. The van der Waals surface area contributed by atoms with Crippen LogP contribution in [-0.4, -0.2) is 5.54 Å². The number of nitrogens with two attached hydrogens (primary N) is 1. The van der Waals surface area contributed by atoms with E-state index in [1.165, 1.54) is 19.3 Å². The molecule has 0 heterocycles. The Balaban J connectivity index is 2.55. The summed E-state index contributed by atoms with van der Waals surface area (Å²) in [6, 6.07) is 0. The SMILES string of the molecule is C[C@@H]1CC[C@@H](C)[C@](C)(N)C1. The van der Waals surface area contributed by atoms with Crippen molar-refractivity contribution in [3.8, 4) is 0 Å². The Morgan fingerprint density at radius 3 is 2.30 bits per heavy atom. The van der Waals surface area contributed by atoms with Gasteiger partial charge in [-0.2, -0.15) is 0 Å². The van der Waals surface area contributed by atoms with Crippen LogP contribution >= 0.6 is 0 Å². The summed E-state index contributed by atoms with van der Waals surface area (Å²) in [4.78, 5) is 0. The van der Waals surface area contributed by atoms with Gasteiger partial charge in [0.2, 0.25) is 0 Å². The standard InChI is InChI=1S/C9H19N/c1-7-4-5-8(2)9(3,10)6-7/h7-8H,4-6,10H2,1-3H3/t7-,8-,9-/m1/s1. The molecule has 1 fully saturated rings. The summed E-state index contributed by atoms with van der Waals surface area (Å²) in [5, 5.41) is 0. The molecule has 1 heteroatoms. The summed E-state index contributed by atoms with van der Waals surface area (Å²) < 4.78 is 0. The van der Waals surface area contributed by atoms with Crippen molar-refractivity contribution in [2.24, 2.45) is 17.6 Å². The first-order valence-corrected chi connectivity index (χ1v) is 4.31. The second-order valence-corrected chi connectivity index (χ2v) is 4.29. The molecule has 10 heavy (non-hydrogen) atoms. The first kappa shape index (κ1) is 8.06. The lowest BCUT2D eigenvalue weighted by atomic mass is 9.71. The molecule has 1 nitrogen and oxygen atoms in total. The van der Waals surface area contributed by atoms with E-state index in [2.05, 4.69) is 20.8 Å². The van der Waals surface area contributed by atoms with Gasteiger partial charge in [-0.05, 0) is 31.6 Å². The van der Waals surface area contributed by atoms with Crippen molar-refractivity contribution >= 4 is 0 Å². The molecule has 0 aromatic rings. The fourth-order valence-corrected chi connectivity index (χ4v) is 1.92. The molecule has 1 aliphatic carbocycles. The lowest BCUT2D eigenvalue weighted by Crippen LogP contribution is -2.47. The number of rotatable bonds is 0. The van der Waals surface area contributed by atoms with E-state index in [9.17, 15) is 0 Å². The fourth-order valence-electron chi connectivity index (χ4n) is 1.92. The van der Waals surface area contributed by atoms with Gasteiger partial charge in [-0.1, -0.05) is 20.3 Å². The van der Waals surface area contributed by atoms with E-state index in [1.54, 1.807) is 0 Å². The van der Waals surface area contributed by atoms with Crippen LogP contribution in [0, 0.1) is 11.8 Å². The number of hydrogen-bond donors (Lipinski definition) is 1. The van der Waals surface area contributed by atoms with E-state index in [-0.39, 0.29) is 5.54 Å². The Kier molecular flexibility index (Phi) is 2.04. The zero-order chi connectivity index (χ0) is 7.78. The van der Waals surface area contributed by atoms with E-state index in [4.69, 9.17) is 5.73 Å². The van der Waals surface area contributed by atoms with E-state index in [0.29, 0.717) is 5.92 Å². The molecule has 0 unspecified atom stereocenters. The second-order valence-electron chi connectivity index (χ2n) is 4.29. The van der Waals surface area contributed by atoms with Crippen molar-refractivity contribution in [2.75, 3.05) is 0 Å². The van der Waals surface area contributed by atoms with Crippen LogP contribution in [0.15, 0.2) is 0 Å². The molecule has 0 aromatic heterocycles. The van der Waals surface area contributed by atoms with Gasteiger partial charge in [0.25, 0.3) is 0 Å². The minimum Gasteiger partial charge on any atom is -0.325 e. The monoisotopic (exact) mass is 141 g/mol. The van der Waals surface area contributed by atoms with Gasteiger partial charge in [0.15, 0.2) is 0 Å². The van der Waals surface area contributed by atoms with Crippen molar-refractivity contribution < 1.29 is 0 Å². The molecule has 0 aliphatic heterocycles. The van der Waals surface area contributed by atoms with Crippen LogP contribution in [0.2, 0.25) is 0 Å². The first-order valence-electron chi connectivity index (χ1n) is 4.31. The van der Waals surface area contributed by atoms with Crippen molar-refractivity contribution in [1.29, 1.82) is 0 Å². The van der Waals surface area contributed by atoms with Crippen LogP contribution in [0.5, 0.6) is 0 Å². The first-order chi connectivity index (χ1) is 4.52. The van der Waals surface area contributed by atoms with Gasteiger partial charge in [-0.25, -0.2) is 0 Å². The van der Waals surface area contributed by atoms with E-state index >= 15 is 0 Å². The van der Waals surface area contributed by atoms with Crippen LogP contribution in [0.3, 0.4) is 0 Å². The normalized spacial score (nSPS) is 49.2. The minimum atomic E-state index is 0.109. The van der Waals surface area contributed by atoms with Gasteiger partial charge in [0.05, 0.1) is 0 Å². The molecular weight excluding hydrogens is 122 g/mol. The van der Waals surface area contributed by atoms with Crippen LogP contribution in [0.1, 0.15) is 40.0 Å². The van der Waals surface area contributed by atoms with Crippen molar-refractivity contribution in [3.05, 3.63) is 0 Å². The van der Waals surface area contributed by atoms with Crippen LogP contribution in [-0.2, 0) is 0 Å². The Morgan fingerprint density at radius 1 is 1.30 bits per heavy atom. The molecule has 3 atom stereocenters. The highest BCUT2D eigenvalue weighted by Crippen LogP contribution is 2.34. The molecule has 0 saturated heterocycles. The summed E-state index contributed by atoms with van der Waals surface area (Å²) in [5.74, 6) is 1.55. The third-order valence-electron chi connectivity index (χ3n) is 3.01. The summed E-state index contributed by atoms with van der Waals surface area (Å²) in [6.07, 6.45) is 3.89. The molecule has 0 aromatic carbocycles. The lowest BCUT2D eigenvalue weighted by molar-refractivity contribution is 0.179. The molecule has 0 radical (unpaired) electrons. The smallest absolute Gasteiger partial charge is 0.0154 e. The van der Waals surface area contributed by atoms with Crippen LogP contribution in [0.25, 0.3) is 0 Å². The summed E-state index contributed by atoms with van der Waals surface area (Å²) in [6.45, 7) is 6.76. The summed E-state index contributed by atoms with van der Waals surface area (Å²) in [5.41, 5.74) is 6.22. The maximum atomic E-state index is 6.11.